The topological polar surface area (TPSA) is 91.6 Å². The first-order valence-electron chi connectivity index (χ1n) is 10.9. The molecule has 0 atom stereocenters. The average molecular weight is 472 g/mol. The van der Waals surface area contributed by atoms with Crippen molar-refractivity contribution in [2.24, 2.45) is 0 Å². The van der Waals surface area contributed by atoms with Gasteiger partial charge in [0.05, 0.1) is 20.8 Å². The number of carbonyl (C=O) groups excluding carboxylic acids is 1. The van der Waals surface area contributed by atoms with Crippen LogP contribution in [0.3, 0.4) is 0 Å². The van der Waals surface area contributed by atoms with E-state index in [0.717, 1.165) is 27.0 Å². The van der Waals surface area contributed by atoms with Gasteiger partial charge in [-0.2, -0.15) is 0 Å². The zero-order valence-electron chi connectivity index (χ0n) is 19.4. The van der Waals surface area contributed by atoms with Gasteiger partial charge in [0.1, 0.15) is 18.0 Å². The highest BCUT2D eigenvalue weighted by molar-refractivity contribution is 5.92. The smallest absolute Gasteiger partial charge is 0.331 e. The normalized spacial score (nSPS) is 10.6. The van der Waals surface area contributed by atoms with E-state index in [0.29, 0.717) is 18.0 Å². The molecule has 8 heteroatoms. The van der Waals surface area contributed by atoms with Gasteiger partial charge in [-0.15, -0.1) is 0 Å². The third-order valence-electron chi connectivity index (χ3n) is 5.52. The monoisotopic (exact) mass is 471 g/mol. The minimum atomic E-state index is -0.551. The molecule has 0 radical (unpaired) electrons. The van der Waals surface area contributed by atoms with Crippen molar-refractivity contribution < 1.29 is 14.3 Å². The van der Waals surface area contributed by atoms with Crippen LogP contribution < -0.4 is 26.0 Å². The van der Waals surface area contributed by atoms with Crippen molar-refractivity contribution in [1.82, 2.24) is 9.13 Å². The highest BCUT2D eigenvalue weighted by Crippen LogP contribution is 2.33. The van der Waals surface area contributed by atoms with Gasteiger partial charge < -0.3 is 14.8 Å². The predicted octanol–water partition coefficient (Wildman–Crippen LogP) is 3.38. The molecule has 4 rings (SSSR count). The first-order valence-corrected chi connectivity index (χ1v) is 10.9. The number of anilines is 1. The highest BCUT2D eigenvalue weighted by Gasteiger charge is 2.13. The van der Waals surface area contributed by atoms with Gasteiger partial charge in [-0.3, -0.25) is 18.7 Å². The molecule has 0 aliphatic rings. The zero-order valence-corrected chi connectivity index (χ0v) is 19.4. The number of amides is 1. The first-order chi connectivity index (χ1) is 17.0. The van der Waals surface area contributed by atoms with E-state index in [-0.39, 0.29) is 0 Å². The molecule has 0 saturated carbocycles. The van der Waals surface area contributed by atoms with Crippen molar-refractivity contribution in [1.29, 1.82) is 0 Å². The van der Waals surface area contributed by atoms with E-state index in [9.17, 15) is 14.4 Å². The number of benzene rings is 3. The van der Waals surface area contributed by atoms with Gasteiger partial charge in [-0.05, 0) is 41.5 Å². The van der Waals surface area contributed by atoms with Crippen LogP contribution in [-0.4, -0.2) is 29.3 Å². The van der Waals surface area contributed by atoms with Crippen LogP contribution in [0.5, 0.6) is 11.5 Å². The third kappa shape index (κ3) is 5.50. The maximum Gasteiger partial charge on any atom is 0.331 e. The van der Waals surface area contributed by atoms with Gasteiger partial charge in [0.25, 0.3) is 5.56 Å². The highest BCUT2D eigenvalue weighted by atomic mass is 16.5. The van der Waals surface area contributed by atoms with Gasteiger partial charge in [0.2, 0.25) is 5.91 Å². The largest absolute Gasteiger partial charge is 0.497 e. The summed E-state index contributed by atoms with van der Waals surface area (Å²) < 4.78 is 13.0. The Morgan fingerprint density at radius 1 is 0.886 bits per heavy atom. The molecule has 0 saturated heterocycles. The lowest BCUT2D eigenvalue weighted by Gasteiger charge is -2.13. The summed E-state index contributed by atoms with van der Waals surface area (Å²) in [5.74, 6) is 0.868. The Kier molecular flexibility index (Phi) is 7.11. The predicted molar refractivity (Wildman–Crippen MR) is 134 cm³/mol. The van der Waals surface area contributed by atoms with E-state index in [1.165, 1.54) is 16.8 Å². The summed E-state index contributed by atoms with van der Waals surface area (Å²) in [6.07, 6.45) is 1.44. The number of nitrogens with zero attached hydrogens (tertiary/aromatic N) is 2. The molecule has 0 aliphatic heterocycles. The number of carbonyl (C=O) groups is 1. The lowest BCUT2D eigenvalue weighted by Crippen LogP contribution is -2.41. The number of hydrogen-bond donors (Lipinski definition) is 1. The molecular weight excluding hydrogens is 446 g/mol. The quantitative estimate of drug-likeness (QED) is 0.425. The van der Waals surface area contributed by atoms with Gasteiger partial charge in [-0.1, -0.05) is 42.5 Å². The molecule has 4 aromatic rings. The molecule has 178 valence electrons. The summed E-state index contributed by atoms with van der Waals surface area (Å²) in [4.78, 5) is 38.0. The minimum absolute atomic E-state index is 0.297. The van der Waals surface area contributed by atoms with Crippen LogP contribution in [0.1, 0.15) is 5.56 Å². The Bertz CT molecular complexity index is 1440. The second-order valence-electron chi connectivity index (χ2n) is 7.83. The molecule has 3 aromatic carbocycles. The summed E-state index contributed by atoms with van der Waals surface area (Å²) in [5.41, 5.74) is 1.98. The van der Waals surface area contributed by atoms with Gasteiger partial charge in [-0.25, -0.2) is 4.79 Å². The van der Waals surface area contributed by atoms with Crippen LogP contribution in [0.15, 0.2) is 94.6 Å². The molecule has 0 fully saturated rings. The molecule has 0 spiro atoms. The molecule has 1 N–H and O–H groups in total. The minimum Gasteiger partial charge on any atom is -0.497 e. The third-order valence-corrected chi connectivity index (χ3v) is 5.52. The van der Waals surface area contributed by atoms with Crippen molar-refractivity contribution in [3.8, 4) is 22.6 Å². The number of methoxy groups -OCH3 is 2. The van der Waals surface area contributed by atoms with Crippen LogP contribution in [0.4, 0.5) is 5.69 Å². The lowest BCUT2D eigenvalue weighted by molar-refractivity contribution is -0.116. The standard InChI is InChI=1S/C27H25N3O5/c1-34-22-11-8-20(9-12-22)23-16-21(10-13-24(23)35-2)28-25(31)18-30-26(32)14-15-29(27(30)33)17-19-6-4-3-5-7-19/h3-16H,17-18H2,1-2H3,(H,28,31). The van der Waals surface area contributed by atoms with Crippen molar-refractivity contribution >= 4 is 11.6 Å². The number of ether oxygens (including phenoxy) is 2. The van der Waals surface area contributed by atoms with E-state index in [1.807, 2.05) is 54.6 Å². The fourth-order valence-electron chi connectivity index (χ4n) is 3.73. The molecule has 0 unspecified atom stereocenters. The van der Waals surface area contributed by atoms with E-state index in [1.54, 1.807) is 32.4 Å². The van der Waals surface area contributed by atoms with Crippen LogP contribution in [-0.2, 0) is 17.9 Å². The van der Waals surface area contributed by atoms with Crippen molar-refractivity contribution in [2.75, 3.05) is 19.5 Å². The fourth-order valence-corrected chi connectivity index (χ4v) is 3.73. The van der Waals surface area contributed by atoms with Crippen molar-refractivity contribution in [3.63, 3.8) is 0 Å². The number of hydrogen-bond acceptors (Lipinski definition) is 5. The Morgan fingerprint density at radius 3 is 2.31 bits per heavy atom. The number of nitrogens with one attached hydrogen (secondary N) is 1. The molecule has 8 nitrogen and oxygen atoms in total. The zero-order chi connectivity index (χ0) is 24.8. The Balaban J connectivity index is 1.55. The van der Waals surface area contributed by atoms with Crippen molar-refractivity contribution in [3.05, 3.63) is 111 Å². The second kappa shape index (κ2) is 10.6. The van der Waals surface area contributed by atoms with Crippen LogP contribution in [0, 0.1) is 0 Å². The molecular formula is C27H25N3O5. The molecule has 1 amide bonds. The van der Waals surface area contributed by atoms with Gasteiger partial charge in [0, 0.05) is 23.5 Å². The summed E-state index contributed by atoms with van der Waals surface area (Å²) in [6, 6.07) is 23.4. The Labute approximate surface area is 202 Å². The van der Waals surface area contributed by atoms with E-state index in [4.69, 9.17) is 9.47 Å². The van der Waals surface area contributed by atoms with Gasteiger partial charge in [0.15, 0.2) is 0 Å². The molecule has 0 aliphatic carbocycles. The van der Waals surface area contributed by atoms with Crippen LogP contribution in [0.25, 0.3) is 11.1 Å². The second-order valence-corrected chi connectivity index (χ2v) is 7.83. The SMILES string of the molecule is COc1ccc(-c2cc(NC(=O)Cn3c(=O)ccn(Cc4ccccc4)c3=O)ccc2OC)cc1. The lowest BCUT2D eigenvalue weighted by atomic mass is 10.0. The summed E-state index contributed by atoms with van der Waals surface area (Å²) in [5, 5.41) is 2.77. The Hall–Kier alpha value is -4.59. The van der Waals surface area contributed by atoms with Crippen LogP contribution in [0.2, 0.25) is 0 Å². The maximum atomic E-state index is 12.9. The fraction of sp³-hybridized carbons (Fsp3) is 0.148. The maximum absolute atomic E-state index is 12.9. The van der Waals surface area contributed by atoms with Gasteiger partial charge >= 0.3 is 5.69 Å². The summed E-state index contributed by atoms with van der Waals surface area (Å²) >= 11 is 0. The van der Waals surface area contributed by atoms with Crippen molar-refractivity contribution in [2.45, 2.75) is 13.1 Å². The Morgan fingerprint density at radius 2 is 1.63 bits per heavy atom. The molecule has 1 heterocycles. The molecule has 0 bridgehead atoms. The first kappa shape index (κ1) is 23.6. The molecule has 1 aromatic heterocycles. The average Bonchev–Trinajstić information content (AvgIpc) is 2.89. The summed E-state index contributed by atoms with van der Waals surface area (Å²) in [6.45, 7) is -0.109. The number of rotatable bonds is 8. The van der Waals surface area contributed by atoms with E-state index >= 15 is 0 Å². The molecule has 35 heavy (non-hydrogen) atoms. The van der Waals surface area contributed by atoms with E-state index in [2.05, 4.69) is 5.32 Å². The number of aromatic nitrogens is 2. The van der Waals surface area contributed by atoms with E-state index < -0.39 is 23.7 Å². The van der Waals surface area contributed by atoms with Crippen LogP contribution >= 0.6 is 0 Å². The summed E-state index contributed by atoms with van der Waals surface area (Å²) in [7, 11) is 3.17.